The van der Waals surface area contributed by atoms with Crippen LogP contribution in [-0.4, -0.2) is 65.1 Å². The van der Waals surface area contributed by atoms with Crippen molar-refractivity contribution in [2.45, 2.75) is 18.9 Å². The molecule has 0 aliphatic carbocycles. The Morgan fingerprint density at radius 3 is 2.63 bits per heavy atom. The topological polar surface area (TPSA) is 89.4 Å². The standard InChI is InChI=1S/C18H22FN5O3/c1-27-11-8-20-17(25)16-12-24(22-21-16)15-6-9-23(10-7-15)18(26)13-2-4-14(19)5-3-13/h2-5,12,15H,6-11H2,1H3,(H,20,25). The highest BCUT2D eigenvalue weighted by Crippen LogP contribution is 2.23. The molecule has 27 heavy (non-hydrogen) atoms. The van der Waals surface area contributed by atoms with Crippen molar-refractivity contribution in [3.63, 3.8) is 0 Å². The van der Waals surface area contributed by atoms with Crippen LogP contribution in [0.5, 0.6) is 0 Å². The summed E-state index contributed by atoms with van der Waals surface area (Å²) in [4.78, 5) is 26.2. The van der Waals surface area contributed by atoms with Crippen LogP contribution in [0.3, 0.4) is 0 Å². The van der Waals surface area contributed by atoms with Crippen LogP contribution in [0.15, 0.2) is 30.5 Å². The smallest absolute Gasteiger partial charge is 0.273 e. The molecule has 1 saturated heterocycles. The lowest BCUT2D eigenvalue weighted by Crippen LogP contribution is -2.39. The van der Waals surface area contributed by atoms with Crippen LogP contribution in [0.1, 0.15) is 39.7 Å². The molecule has 8 nitrogen and oxygen atoms in total. The molecule has 0 spiro atoms. The van der Waals surface area contributed by atoms with E-state index in [9.17, 15) is 14.0 Å². The molecule has 144 valence electrons. The molecule has 0 bridgehead atoms. The molecule has 1 N–H and O–H groups in total. The number of hydrogen-bond acceptors (Lipinski definition) is 5. The number of aromatic nitrogens is 3. The number of rotatable bonds is 6. The summed E-state index contributed by atoms with van der Waals surface area (Å²) in [5, 5.41) is 10.7. The molecule has 3 rings (SSSR count). The van der Waals surface area contributed by atoms with Crippen molar-refractivity contribution in [2.75, 3.05) is 33.4 Å². The number of methoxy groups -OCH3 is 1. The maximum atomic E-state index is 13.0. The summed E-state index contributed by atoms with van der Waals surface area (Å²) < 4.78 is 19.6. The van der Waals surface area contributed by atoms with Crippen LogP contribution in [0.25, 0.3) is 0 Å². The molecule has 0 atom stereocenters. The first kappa shape index (κ1) is 19.0. The SMILES string of the molecule is COCCNC(=O)c1cn(C2CCN(C(=O)c3ccc(F)cc3)CC2)nn1. The molecule has 9 heteroatoms. The Kier molecular flexibility index (Phi) is 6.12. The van der Waals surface area contributed by atoms with Crippen molar-refractivity contribution in [1.29, 1.82) is 0 Å². The van der Waals surface area contributed by atoms with Crippen molar-refractivity contribution in [3.8, 4) is 0 Å². The zero-order valence-corrected chi connectivity index (χ0v) is 15.1. The highest BCUT2D eigenvalue weighted by molar-refractivity contribution is 5.94. The van der Waals surface area contributed by atoms with E-state index >= 15 is 0 Å². The van der Waals surface area contributed by atoms with Crippen LogP contribution in [0, 0.1) is 5.82 Å². The first-order valence-electron chi connectivity index (χ1n) is 8.82. The average molecular weight is 375 g/mol. The van der Waals surface area contributed by atoms with Gasteiger partial charge in [0, 0.05) is 32.3 Å². The minimum Gasteiger partial charge on any atom is -0.383 e. The quantitative estimate of drug-likeness (QED) is 0.768. The lowest BCUT2D eigenvalue weighted by Gasteiger charge is -2.31. The summed E-state index contributed by atoms with van der Waals surface area (Å²) in [5.74, 6) is -0.758. The minimum absolute atomic E-state index is 0.0790. The van der Waals surface area contributed by atoms with Gasteiger partial charge in [0.25, 0.3) is 11.8 Å². The number of halogens is 1. The van der Waals surface area contributed by atoms with E-state index in [-0.39, 0.29) is 29.4 Å². The Balaban J connectivity index is 1.54. The number of carbonyl (C=O) groups is 2. The van der Waals surface area contributed by atoms with E-state index in [0.717, 1.165) is 0 Å². The first-order valence-corrected chi connectivity index (χ1v) is 8.82. The number of nitrogens with one attached hydrogen (secondary N) is 1. The molecule has 1 fully saturated rings. The summed E-state index contributed by atoms with van der Waals surface area (Å²) in [6, 6.07) is 5.64. The number of benzene rings is 1. The zero-order valence-electron chi connectivity index (χ0n) is 15.1. The van der Waals surface area contributed by atoms with Crippen LogP contribution < -0.4 is 5.32 Å². The van der Waals surface area contributed by atoms with Gasteiger partial charge in [-0.25, -0.2) is 9.07 Å². The van der Waals surface area contributed by atoms with Gasteiger partial charge in [0.05, 0.1) is 18.8 Å². The number of amides is 2. The van der Waals surface area contributed by atoms with Crippen molar-refractivity contribution >= 4 is 11.8 Å². The maximum Gasteiger partial charge on any atom is 0.273 e. The molecule has 2 amide bonds. The number of hydrogen-bond donors (Lipinski definition) is 1. The fourth-order valence-corrected chi connectivity index (χ4v) is 3.02. The van der Waals surface area contributed by atoms with Gasteiger partial charge >= 0.3 is 0 Å². The molecule has 1 aliphatic heterocycles. The molecule has 1 aliphatic rings. The van der Waals surface area contributed by atoms with Crippen molar-refractivity contribution in [1.82, 2.24) is 25.2 Å². The summed E-state index contributed by atoms with van der Waals surface area (Å²) in [5.41, 5.74) is 0.738. The molecule has 1 aromatic heterocycles. The number of carbonyl (C=O) groups excluding carboxylic acids is 2. The second-order valence-corrected chi connectivity index (χ2v) is 6.36. The fourth-order valence-electron chi connectivity index (χ4n) is 3.02. The summed E-state index contributed by atoms with van der Waals surface area (Å²) in [6.07, 6.45) is 3.05. The van der Waals surface area contributed by atoms with Gasteiger partial charge in [0.15, 0.2) is 5.69 Å². The zero-order chi connectivity index (χ0) is 19.2. The largest absolute Gasteiger partial charge is 0.383 e. The Labute approximate surface area is 156 Å². The maximum absolute atomic E-state index is 13.0. The third-order valence-corrected chi connectivity index (χ3v) is 4.55. The van der Waals surface area contributed by atoms with E-state index in [0.29, 0.717) is 44.6 Å². The molecule has 2 aromatic rings. The lowest BCUT2D eigenvalue weighted by atomic mass is 10.0. The molecule has 2 heterocycles. The summed E-state index contributed by atoms with van der Waals surface area (Å²) >= 11 is 0. The predicted octanol–water partition coefficient (Wildman–Crippen LogP) is 1.27. The number of likely N-dealkylation sites (tertiary alicyclic amines) is 1. The molecule has 1 aromatic carbocycles. The van der Waals surface area contributed by atoms with Crippen molar-refractivity contribution < 1.29 is 18.7 Å². The number of ether oxygens (including phenoxy) is 1. The van der Waals surface area contributed by atoms with Gasteiger partial charge in [-0.15, -0.1) is 5.10 Å². The van der Waals surface area contributed by atoms with Gasteiger partial charge < -0.3 is 15.0 Å². The molecular weight excluding hydrogens is 353 g/mol. The normalized spacial score (nSPS) is 15.0. The molecule has 0 unspecified atom stereocenters. The predicted molar refractivity (Wildman–Crippen MR) is 94.8 cm³/mol. The van der Waals surface area contributed by atoms with Gasteiger partial charge in [-0.05, 0) is 37.1 Å². The Hall–Kier alpha value is -2.81. The van der Waals surface area contributed by atoms with Crippen LogP contribution in [0.2, 0.25) is 0 Å². The lowest BCUT2D eigenvalue weighted by molar-refractivity contribution is 0.0689. The molecule has 0 radical (unpaired) electrons. The van der Waals surface area contributed by atoms with E-state index in [1.807, 2.05) is 0 Å². The third kappa shape index (κ3) is 4.68. The van der Waals surface area contributed by atoms with Gasteiger partial charge in [-0.1, -0.05) is 5.21 Å². The van der Waals surface area contributed by atoms with E-state index in [4.69, 9.17) is 4.74 Å². The third-order valence-electron chi connectivity index (χ3n) is 4.55. The monoisotopic (exact) mass is 375 g/mol. The highest BCUT2D eigenvalue weighted by Gasteiger charge is 2.26. The van der Waals surface area contributed by atoms with Crippen LogP contribution >= 0.6 is 0 Å². The molecule has 0 saturated carbocycles. The fraction of sp³-hybridized carbons (Fsp3) is 0.444. The molecular formula is C18H22FN5O3. The van der Waals surface area contributed by atoms with Crippen LogP contribution in [0.4, 0.5) is 4.39 Å². The number of piperidine rings is 1. The van der Waals surface area contributed by atoms with E-state index in [1.54, 1.807) is 22.9 Å². The average Bonchev–Trinajstić information content (AvgIpc) is 3.19. The van der Waals surface area contributed by atoms with E-state index < -0.39 is 0 Å². The van der Waals surface area contributed by atoms with E-state index in [1.165, 1.54) is 24.3 Å². The highest BCUT2D eigenvalue weighted by atomic mass is 19.1. The Morgan fingerprint density at radius 1 is 1.26 bits per heavy atom. The van der Waals surface area contributed by atoms with Gasteiger partial charge in [-0.3, -0.25) is 9.59 Å². The summed E-state index contributed by atoms with van der Waals surface area (Å²) in [7, 11) is 1.57. The second kappa shape index (κ2) is 8.72. The minimum atomic E-state index is -0.362. The van der Waals surface area contributed by atoms with Crippen molar-refractivity contribution in [3.05, 3.63) is 47.5 Å². The second-order valence-electron chi connectivity index (χ2n) is 6.36. The Bertz CT molecular complexity index is 785. The van der Waals surface area contributed by atoms with Gasteiger partial charge in [-0.2, -0.15) is 0 Å². The number of nitrogens with zero attached hydrogens (tertiary/aromatic N) is 4. The van der Waals surface area contributed by atoms with Crippen LogP contribution in [-0.2, 0) is 4.74 Å². The van der Waals surface area contributed by atoms with Gasteiger partial charge in [0.1, 0.15) is 5.82 Å². The first-order chi connectivity index (χ1) is 13.1. The Morgan fingerprint density at radius 2 is 1.96 bits per heavy atom. The summed E-state index contributed by atoms with van der Waals surface area (Å²) in [6.45, 7) is 1.97. The van der Waals surface area contributed by atoms with Crippen molar-refractivity contribution in [2.24, 2.45) is 0 Å². The van der Waals surface area contributed by atoms with E-state index in [2.05, 4.69) is 15.6 Å². The van der Waals surface area contributed by atoms with Gasteiger partial charge in [0.2, 0.25) is 0 Å².